The first-order valence-electron chi connectivity index (χ1n) is 8.80. The van der Waals surface area contributed by atoms with Crippen LogP contribution in [0, 0.1) is 0 Å². The molecule has 0 bridgehead atoms. The smallest absolute Gasteiger partial charge is 0.258 e. The highest BCUT2D eigenvalue weighted by molar-refractivity contribution is 6.33. The molecule has 166 valence electrons. The number of ketones is 1. The van der Waals surface area contributed by atoms with Gasteiger partial charge in [0.05, 0.1) is 44.2 Å². The van der Waals surface area contributed by atoms with E-state index in [9.17, 15) is 9.59 Å². The van der Waals surface area contributed by atoms with Crippen molar-refractivity contribution in [2.75, 3.05) is 33.8 Å². The third-order valence-corrected chi connectivity index (χ3v) is 4.66. The minimum Gasteiger partial charge on any atom is -0.497 e. The average molecular weight is 470 g/mol. The highest BCUT2D eigenvalue weighted by Crippen LogP contribution is 2.39. The summed E-state index contributed by atoms with van der Waals surface area (Å²) in [6, 6.07) is 4.55. The van der Waals surface area contributed by atoms with Gasteiger partial charge in [0.1, 0.15) is 22.9 Å². The van der Waals surface area contributed by atoms with Crippen LogP contribution in [-0.2, 0) is 9.59 Å². The van der Waals surface area contributed by atoms with Gasteiger partial charge in [0.15, 0.2) is 11.5 Å². The minimum atomic E-state index is -1.44. The zero-order chi connectivity index (χ0) is 23.1. The van der Waals surface area contributed by atoms with Gasteiger partial charge in [-0.15, -0.1) is 0 Å². The van der Waals surface area contributed by atoms with Gasteiger partial charge in [0.2, 0.25) is 6.04 Å². The Hall–Kier alpha value is -3.04. The minimum absolute atomic E-state index is 0.207. The topological polar surface area (TPSA) is 108 Å². The number of anilines is 1. The maximum Gasteiger partial charge on any atom is 0.258 e. The molecule has 0 aliphatic rings. The number of hydrogen-bond acceptors (Lipinski definition) is 8. The van der Waals surface area contributed by atoms with E-state index in [0.29, 0.717) is 17.2 Å². The van der Waals surface area contributed by atoms with Gasteiger partial charge in [0.25, 0.3) is 5.91 Å². The number of benzene rings is 2. The lowest BCUT2D eigenvalue weighted by Gasteiger charge is -2.15. The fourth-order valence-corrected chi connectivity index (χ4v) is 3.07. The molecule has 1 N–H and O–H groups in total. The molecule has 0 aliphatic carbocycles. The Balaban J connectivity index is 2.36. The molecule has 0 radical (unpaired) electrons. The molecule has 0 aromatic heterocycles. The monoisotopic (exact) mass is 469 g/mol. The summed E-state index contributed by atoms with van der Waals surface area (Å²) < 4.78 is 20.7. The largest absolute Gasteiger partial charge is 0.497 e. The lowest BCUT2D eigenvalue weighted by atomic mass is 10.2. The number of rotatable bonds is 9. The van der Waals surface area contributed by atoms with Crippen LogP contribution in [0.4, 0.5) is 11.4 Å². The van der Waals surface area contributed by atoms with Crippen LogP contribution >= 0.6 is 23.2 Å². The zero-order valence-electron chi connectivity index (χ0n) is 17.5. The molecule has 0 saturated carbocycles. The van der Waals surface area contributed by atoms with Crippen molar-refractivity contribution in [1.82, 2.24) is 0 Å². The maximum atomic E-state index is 12.8. The summed E-state index contributed by atoms with van der Waals surface area (Å²) in [4.78, 5) is 24.9. The van der Waals surface area contributed by atoms with E-state index in [4.69, 9.17) is 42.1 Å². The predicted molar refractivity (Wildman–Crippen MR) is 117 cm³/mol. The number of methoxy groups -OCH3 is 4. The SMILES string of the molecule is COc1cc(Cl)c(OC)c(NC(=O)C(N=Nc2cc(Cl)c(OC)cc2OC)C(C)=O)c1. The van der Waals surface area contributed by atoms with E-state index in [0.717, 1.165) is 0 Å². The third-order valence-electron chi connectivity index (χ3n) is 4.08. The number of azo groups is 1. The number of nitrogens with one attached hydrogen (secondary N) is 1. The van der Waals surface area contributed by atoms with Crippen molar-refractivity contribution in [2.45, 2.75) is 13.0 Å². The first-order chi connectivity index (χ1) is 14.7. The van der Waals surface area contributed by atoms with Gasteiger partial charge in [0, 0.05) is 18.2 Å². The Bertz CT molecular complexity index is 1010. The van der Waals surface area contributed by atoms with E-state index in [1.54, 1.807) is 0 Å². The molecule has 0 spiro atoms. The number of nitrogens with zero attached hydrogens (tertiary/aromatic N) is 2. The maximum absolute atomic E-state index is 12.8. The Morgan fingerprint density at radius 1 is 0.903 bits per heavy atom. The van der Waals surface area contributed by atoms with Gasteiger partial charge < -0.3 is 24.3 Å². The zero-order valence-corrected chi connectivity index (χ0v) is 19.0. The standard InChI is InChI=1S/C20H21Cl2N3O6/c1-10(26)18(25-24-14-8-12(21)16(29-3)9-17(14)30-4)20(27)23-15-7-11(28-2)6-13(22)19(15)31-5/h6-9,18H,1-5H3,(H,23,27). The summed E-state index contributed by atoms with van der Waals surface area (Å²) >= 11 is 12.3. The van der Waals surface area contributed by atoms with Crippen molar-refractivity contribution in [3.8, 4) is 23.0 Å². The Morgan fingerprint density at radius 3 is 2.13 bits per heavy atom. The molecule has 0 saturated heterocycles. The van der Waals surface area contributed by atoms with Crippen molar-refractivity contribution in [1.29, 1.82) is 0 Å². The van der Waals surface area contributed by atoms with Gasteiger partial charge in [-0.2, -0.15) is 10.2 Å². The van der Waals surface area contributed by atoms with E-state index >= 15 is 0 Å². The molecule has 0 heterocycles. The van der Waals surface area contributed by atoms with E-state index in [2.05, 4.69) is 15.5 Å². The molecular formula is C20H21Cl2N3O6. The Labute approximate surface area is 189 Å². The van der Waals surface area contributed by atoms with Gasteiger partial charge in [-0.25, -0.2) is 0 Å². The van der Waals surface area contributed by atoms with Crippen LogP contribution in [0.1, 0.15) is 6.92 Å². The van der Waals surface area contributed by atoms with Crippen molar-refractivity contribution in [3.05, 3.63) is 34.3 Å². The first-order valence-corrected chi connectivity index (χ1v) is 9.56. The number of carbonyl (C=O) groups excluding carboxylic acids is 2. The van der Waals surface area contributed by atoms with Crippen molar-refractivity contribution in [2.24, 2.45) is 10.2 Å². The van der Waals surface area contributed by atoms with Crippen LogP contribution in [0.5, 0.6) is 23.0 Å². The second-order valence-electron chi connectivity index (χ2n) is 6.07. The molecule has 9 nitrogen and oxygen atoms in total. The summed E-state index contributed by atoms with van der Waals surface area (Å²) in [6.45, 7) is 1.22. The Kier molecular flexibility index (Phi) is 8.47. The molecule has 2 aromatic carbocycles. The highest BCUT2D eigenvalue weighted by atomic mass is 35.5. The molecular weight excluding hydrogens is 449 g/mol. The van der Waals surface area contributed by atoms with E-state index in [1.165, 1.54) is 59.6 Å². The van der Waals surface area contributed by atoms with Gasteiger partial charge in [-0.05, 0) is 13.0 Å². The molecule has 0 fully saturated rings. The Morgan fingerprint density at radius 2 is 1.58 bits per heavy atom. The molecule has 1 amide bonds. The lowest BCUT2D eigenvalue weighted by molar-refractivity contribution is -0.126. The summed E-state index contributed by atoms with van der Waals surface area (Å²) in [5.41, 5.74) is 0.428. The summed E-state index contributed by atoms with van der Waals surface area (Å²) in [5, 5.41) is 10.9. The van der Waals surface area contributed by atoms with Crippen LogP contribution in [0.25, 0.3) is 0 Å². The quantitative estimate of drug-likeness (QED) is 0.420. The highest BCUT2D eigenvalue weighted by Gasteiger charge is 2.25. The summed E-state index contributed by atoms with van der Waals surface area (Å²) in [5.74, 6) is -0.00195. The normalized spacial score (nSPS) is 11.7. The number of Topliss-reactive ketones (excluding diaryl/α,β-unsaturated/α-hetero) is 1. The van der Waals surface area contributed by atoms with Gasteiger partial charge in [-0.3, -0.25) is 9.59 Å². The first kappa shape index (κ1) is 24.2. The average Bonchev–Trinajstić information content (AvgIpc) is 2.73. The van der Waals surface area contributed by atoms with Crippen LogP contribution in [0.15, 0.2) is 34.5 Å². The number of hydrogen-bond donors (Lipinski definition) is 1. The molecule has 31 heavy (non-hydrogen) atoms. The third kappa shape index (κ3) is 5.77. The fourth-order valence-electron chi connectivity index (χ4n) is 2.55. The number of ether oxygens (including phenoxy) is 4. The molecule has 11 heteroatoms. The molecule has 2 aromatic rings. The van der Waals surface area contributed by atoms with Crippen LogP contribution in [0.3, 0.4) is 0 Å². The lowest BCUT2D eigenvalue weighted by Crippen LogP contribution is -2.32. The van der Waals surface area contributed by atoms with Crippen molar-refractivity contribution in [3.63, 3.8) is 0 Å². The van der Waals surface area contributed by atoms with Crippen molar-refractivity contribution < 1.29 is 28.5 Å². The van der Waals surface area contributed by atoms with E-state index in [-0.39, 0.29) is 27.2 Å². The van der Waals surface area contributed by atoms with Crippen molar-refractivity contribution >= 4 is 46.3 Å². The second kappa shape index (κ2) is 10.8. The van der Waals surface area contributed by atoms with Gasteiger partial charge in [-0.1, -0.05) is 23.2 Å². The molecule has 2 rings (SSSR count). The molecule has 0 aliphatic heterocycles. The van der Waals surface area contributed by atoms with E-state index in [1.807, 2.05) is 0 Å². The number of amides is 1. The summed E-state index contributed by atoms with van der Waals surface area (Å²) in [7, 11) is 5.72. The van der Waals surface area contributed by atoms with Crippen LogP contribution in [0.2, 0.25) is 10.0 Å². The summed E-state index contributed by atoms with van der Waals surface area (Å²) in [6.07, 6.45) is 0. The van der Waals surface area contributed by atoms with Crippen LogP contribution in [-0.4, -0.2) is 46.2 Å². The number of carbonyl (C=O) groups is 2. The van der Waals surface area contributed by atoms with Crippen LogP contribution < -0.4 is 24.3 Å². The van der Waals surface area contributed by atoms with Gasteiger partial charge >= 0.3 is 0 Å². The second-order valence-corrected chi connectivity index (χ2v) is 6.88. The fraction of sp³-hybridized carbons (Fsp3) is 0.300. The predicted octanol–water partition coefficient (Wildman–Crippen LogP) is 4.71. The molecule has 1 atom stereocenters. The number of halogens is 2. The molecule has 1 unspecified atom stereocenters. The van der Waals surface area contributed by atoms with E-state index < -0.39 is 17.7 Å².